The van der Waals surface area contributed by atoms with Crippen LogP contribution in [0.4, 0.5) is 5.82 Å². The highest BCUT2D eigenvalue weighted by Gasteiger charge is 2.10. The smallest absolute Gasteiger partial charge is 0.146 e. The number of pyridine rings is 1. The van der Waals surface area contributed by atoms with E-state index < -0.39 is 0 Å². The molecule has 2 rings (SSSR count). The van der Waals surface area contributed by atoms with Gasteiger partial charge in [0.05, 0.1) is 12.1 Å². The molecule has 0 bridgehead atoms. The Kier molecular flexibility index (Phi) is 3.06. The lowest BCUT2D eigenvalue weighted by Crippen LogP contribution is -2.19. The van der Waals surface area contributed by atoms with Crippen LogP contribution in [-0.4, -0.2) is 17.2 Å². The lowest BCUT2D eigenvalue weighted by atomic mass is 10.2. The SMILES string of the molecule is Cc1cc(CN(C)c2ncccc2C#N)no1. The Labute approximate surface area is 99.3 Å². The number of hydrogen-bond donors (Lipinski definition) is 0. The van der Waals surface area contributed by atoms with Gasteiger partial charge in [-0.25, -0.2) is 4.98 Å². The van der Waals surface area contributed by atoms with Gasteiger partial charge in [0.25, 0.3) is 0 Å². The second-order valence-corrected chi connectivity index (χ2v) is 3.77. The monoisotopic (exact) mass is 228 g/mol. The molecule has 5 nitrogen and oxygen atoms in total. The summed E-state index contributed by atoms with van der Waals surface area (Å²) in [6.07, 6.45) is 1.67. The van der Waals surface area contributed by atoms with Gasteiger partial charge in [-0.1, -0.05) is 5.16 Å². The minimum absolute atomic E-state index is 0.551. The molecule has 0 unspecified atom stereocenters. The molecule has 0 aromatic carbocycles. The fourth-order valence-corrected chi connectivity index (χ4v) is 1.60. The van der Waals surface area contributed by atoms with Gasteiger partial charge in [-0.05, 0) is 19.1 Å². The number of aromatic nitrogens is 2. The standard InChI is InChI=1S/C12H12N4O/c1-9-6-11(15-17-9)8-16(2)12-10(7-13)4-3-5-14-12/h3-6H,8H2,1-2H3. The molecular weight excluding hydrogens is 216 g/mol. The number of rotatable bonds is 3. The Morgan fingerprint density at radius 2 is 2.35 bits per heavy atom. The third kappa shape index (κ3) is 2.42. The molecule has 2 heterocycles. The zero-order valence-corrected chi connectivity index (χ0v) is 9.71. The van der Waals surface area contributed by atoms with E-state index in [1.54, 1.807) is 18.3 Å². The minimum atomic E-state index is 0.551. The molecule has 0 radical (unpaired) electrons. The number of nitrogens with zero attached hydrogens (tertiary/aromatic N) is 4. The largest absolute Gasteiger partial charge is 0.361 e. The highest BCUT2D eigenvalue weighted by atomic mass is 16.5. The molecule has 0 saturated carbocycles. The summed E-state index contributed by atoms with van der Waals surface area (Å²) in [6.45, 7) is 2.40. The molecule has 0 fully saturated rings. The number of nitriles is 1. The van der Waals surface area contributed by atoms with Crippen LogP contribution in [-0.2, 0) is 6.54 Å². The summed E-state index contributed by atoms with van der Waals surface area (Å²) < 4.78 is 5.00. The van der Waals surface area contributed by atoms with Crippen molar-refractivity contribution in [1.29, 1.82) is 5.26 Å². The van der Waals surface area contributed by atoms with Crippen LogP contribution in [0.25, 0.3) is 0 Å². The first kappa shape index (κ1) is 11.1. The highest BCUT2D eigenvalue weighted by molar-refractivity contribution is 5.52. The Balaban J connectivity index is 2.20. The molecule has 0 spiro atoms. The van der Waals surface area contributed by atoms with Crippen molar-refractivity contribution in [3.63, 3.8) is 0 Å². The predicted molar refractivity (Wildman–Crippen MR) is 62.3 cm³/mol. The molecule has 0 aliphatic rings. The van der Waals surface area contributed by atoms with Gasteiger partial charge in [0.1, 0.15) is 23.3 Å². The molecule has 5 heteroatoms. The normalized spacial score (nSPS) is 9.94. The van der Waals surface area contributed by atoms with Crippen LogP contribution in [0, 0.1) is 18.3 Å². The first-order valence-electron chi connectivity index (χ1n) is 5.19. The number of hydrogen-bond acceptors (Lipinski definition) is 5. The Morgan fingerprint density at radius 3 is 3.00 bits per heavy atom. The molecule has 0 N–H and O–H groups in total. The van der Waals surface area contributed by atoms with Gasteiger partial charge >= 0.3 is 0 Å². The van der Waals surface area contributed by atoms with Gasteiger partial charge in [0.2, 0.25) is 0 Å². The van der Waals surface area contributed by atoms with Crippen molar-refractivity contribution in [3.8, 4) is 6.07 Å². The maximum absolute atomic E-state index is 8.99. The van der Waals surface area contributed by atoms with Crippen molar-refractivity contribution in [2.45, 2.75) is 13.5 Å². The van der Waals surface area contributed by atoms with E-state index in [0.29, 0.717) is 17.9 Å². The van der Waals surface area contributed by atoms with E-state index in [9.17, 15) is 0 Å². The van der Waals surface area contributed by atoms with Crippen molar-refractivity contribution >= 4 is 5.82 Å². The van der Waals surface area contributed by atoms with Crippen LogP contribution in [0.15, 0.2) is 28.9 Å². The third-order valence-electron chi connectivity index (χ3n) is 2.34. The Morgan fingerprint density at radius 1 is 1.53 bits per heavy atom. The van der Waals surface area contributed by atoms with Gasteiger partial charge < -0.3 is 9.42 Å². The van der Waals surface area contributed by atoms with Crippen molar-refractivity contribution in [3.05, 3.63) is 41.4 Å². The molecule has 0 aliphatic carbocycles. The molecule has 0 amide bonds. The van der Waals surface area contributed by atoms with E-state index in [4.69, 9.17) is 9.78 Å². The van der Waals surface area contributed by atoms with E-state index in [-0.39, 0.29) is 0 Å². The Hall–Kier alpha value is -2.35. The fourth-order valence-electron chi connectivity index (χ4n) is 1.60. The summed E-state index contributed by atoms with van der Waals surface area (Å²) in [5.74, 6) is 1.42. The molecule has 0 atom stereocenters. The van der Waals surface area contributed by atoms with E-state index >= 15 is 0 Å². The molecular formula is C12H12N4O. The summed E-state index contributed by atoms with van der Waals surface area (Å²) in [5, 5.41) is 12.9. The van der Waals surface area contributed by atoms with Crippen molar-refractivity contribution in [2.24, 2.45) is 0 Å². The number of aryl methyl sites for hydroxylation is 1. The fraction of sp³-hybridized carbons (Fsp3) is 0.250. The van der Waals surface area contributed by atoms with Gasteiger partial charge in [0.15, 0.2) is 0 Å². The molecule has 0 saturated heterocycles. The van der Waals surface area contributed by atoms with Crippen LogP contribution in [0.2, 0.25) is 0 Å². The van der Waals surface area contributed by atoms with Crippen LogP contribution >= 0.6 is 0 Å². The zero-order chi connectivity index (χ0) is 12.3. The average Bonchev–Trinajstić information content (AvgIpc) is 2.74. The highest BCUT2D eigenvalue weighted by Crippen LogP contribution is 2.16. The lowest BCUT2D eigenvalue weighted by molar-refractivity contribution is 0.390. The van der Waals surface area contributed by atoms with Gasteiger partial charge in [-0.2, -0.15) is 5.26 Å². The zero-order valence-electron chi connectivity index (χ0n) is 9.71. The second-order valence-electron chi connectivity index (χ2n) is 3.77. The van der Waals surface area contributed by atoms with Gasteiger partial charge in [-0.3, -0.25) is 0 Å². The summed E-state index contributed by atoms with van der Waals surface area (Å²) in [6, 6.07) is 7.48. The second kappa shape index (κ2) is 4.66. The van der Waals surface area contributed by atoms with Gasteiger partial charge in [-0.15, -0.1) is 0 Å². The average molecular weight is 228 g/mol. The first-order valence-corrected chi connectivity index (χ1v) is 5.19. The van der Waals surface area contributed by atoms with Crippen LogP contribution < -0.4 is 4.90 Å². The van der Waals surface area contributed by atoms with E-state index in [0.717, 1.165) is 11.5 Å². The van der Waals surface area contributed by atoms with E-state index in [1.165, 1.54) is 0 Å². The maximum atomic E-state index is 8.99. The van der Waals surface area contributed by atoms with Gasteiger partial charge in [0, 0.05) is 19.3 Å². The summed E-state index contributed by atoms with van der Waals surface area (Å²) in [5.41, 5.74) is 1.37. The van der Waals surface area contributed by atoms with E-state index in [2.05, 4.69) is 16.2 Å². The molecule has 17 heavy (non-hydrogen) atoms. The third-order valence-corrected chi connectivity index (χ3v) is 2.34. The summed E-state index contributed by atoms with van der Waals surface area (Å²) in [4.78, 5) is 6.07. The Bertz CT molecular complexity index is 556. The number of anilines is 1. The van der Waals surface area contributed by atoms with Crippen molar-refractivity contribution < 1.29 is 4.52 Å². The summed E-state index contributed by atoms with van der Waals surface area (Å²) in [7, 11) is 1.87. The molecule has 2 aromatic rings. The first-order chi connectivity index (χ1) is 8.20. The van der Waals surface area contributed by atoms with Crippen LogP contribution in [0.5, 0.6) is 0 Å². The van der Waals surface area contributed by atoms with Crippen LogP contribution in [0.3, 0.4) is 0 Å². The molecule has 86 valence electrons. The molecule has 0 aliphatic heterocycles. The summed E-state index contributed by atoms with van der Waals surface area (Å²) >= 11 is 0. The van der Waals surface area contributed by atoms with E-state index in [1.807, 2.05) is 24.9 Å². The minimum Gasteiger partial charge on any atom is -0.361 e. The predicted octanol–water partition coefficient (Wildman–Crippen LogP) is 1.89. The maximum Gasteiger partial charge on any atom is 0.146 e. The van der Waals surface area contributed by atoms with Crippen molar-refractivity contribution in [2.75, 3.05) is 11.9 Å². The van der Waals surface area contributed by atoms with Crippen molar-refractivity contribution in [1.82, 2.24) is 10.1 Å². The quantitative estimate of drug-likeness (QED) is 0.802. The molecule has 2 aromatic heterocycles. The topological polar surface area (TPSA) is 66.0 Å². The van der Waals surface area contributed by atoms with Crippen LogP contribution in [0.1, 0.15) is 17.0 Å². The lowest BCUT2D eigenvalue weighted by Gasteiger charge is -2.17.